The molecule has 0 amide bonds. The molecule has 0 fully saturated rings. The van der Waals surface area contributed by atoms with E-state index in [0.717, 1.165) is 21.3 Å². The maximum atomic E-state index is 5.66. The fourth-order valence-corrected chi connectivity index (χ4v) is 2.12. The molecule has 2 rings (SSSR count). The van der Waals surface area contributed by atoms with Gasteiger partial charge in [0.05, 0.1) is 11.6 Å². The number of rotatable bonds is 4. The minimum absolute atomic E-state index is 0.464. The van der Waals surface area contributed by atoms with Gasteiger partial charge in [-0.25, -0.2) is 4.98 Å². The largest absolute Gasteiger partial charge is 0.497 e. The molecule has 0 radical (unpaired) electrons. The Bertz CT molecular complexity index is 543. The van der Waals surface area contributed by atoms with Crippen LogP contribution in [0.15, 0.2) is 41.0 Å². The second kappa shape index (κ2) is 5.87. The molecule has 18 heavy (non-hydrogen) atoms. The summed E-state index contributed by atoms with van der Waals surface area (Å²) in [5.41, 5.74) is 2.14. The molecule has 0 saturated heterocycles. The summed E-state index contributed by atoms with van der Waals surface area (Å²) in [4.78, 5) is 4.24. The van der Waals surface area contributed by atoms with Gasteiger partial charge in [0, 0.05) is 6.20 Å². The molecule has 94 valence electrons. The lowest BCUT2D eigenvalue weighted by Gasteiger charge is -2.08. The Morgan fingerprint density at radius 2 is 2.11 bits per heavy atom. The van der Waals surface area contributed by atoms with Crippen LogP contribution in [0.1, 0.15) is 11.1 Å². The maximum absolute atomic E-state index is 5.66. The molecule has 0 aliphatic rings. The number of halogens is 1. The van der Waals surface area contributed by atoms with Crippen LogP contribution in [-0.2, 0) is 6.61 Å². The van der Waals surface area contributed by atoms with Gasteiger partial charge in [-0.05, 0) is 52.2 Å². The molecule has 0 N–H and O–H groups in total. The summed E-state index contributed by atoms with van der Waals surface area (Å²) >= 11 is 3.44. The molecule has 0 bridgehead atoms. The van der Waals surface area contributed by atoms with Gasteiger partial charge in [-0.2, -0.15) is 0 Å². The van der Waals surface area contributed by atoms with Crippen LogP contribution >= 0.6 is 15.9 Å². The standard InChI is InChI=1S/C14H14BrNO2/c1-10-6-13(15)14(16-8-10)18-9-11-4-3-5-12(7-11)17-2/h3-8H,9H2,1-2H3. The van der Waals surface area contributed by atoms with Crippen LogP contribution in [0, 0.1) is 6.92 Å². The summed E-state index contributed by atoms with van der Waals surface area (Å²) in [5.74, 6) is 1.43. The number of nitrogens with zero attached hydrogens (tertiary/aromatic N) is 1. The monoisotopic (exact) mass is 307 g/mol. The van der Waals surface area contributed by atoms with Crippen molar-refractivity contribution in [1.82, 2.24) is 4.98 Å². The average molecular weight is 308 g/mol. The Morgan fingerprint density at radius 1 is 1.28 bits per heavy atom. The van der Waals surface area contributed by atoms with E-state index in [1.807, 2.05) is 37.3 Å². The molecule has 3 nitrogen and oxygen atoms in total. The van der Waals surface area contributed by atoms with Crippen molar-refractivity contribution in [2.75, 3.05) is 7.11 Å². The number of aromatic nitrogens is 1. The van der Waals surface area contributed by atoms with Crippen molar-refractivity contribution in [2.24, 2.45) is 0 Å². The summed E-state index contributed by atoms with van der Waals surface area (Å²) < 4.78 is 11.7. The molecule has 2 aromatic rings. The van der Waals surface area contributed by atoms with E-state index in [9.17, 15) is 0 Å². The molecule has 0 aliphatic heterocycles. The number of benzene rings is 1. The first-order valence-electron chi connectivity index (χ1n) is 5.57. The lowest BCUT2D eigenvalue weighted by atomic mass is 10.2. The molecule has 0 atom stereocenters. The van der Waals surface area contributed by atoms with E-state index in [1.54, 1.807) is 13.3 Å². The quantitative estimate of drug-likeness (QED) is 0.862. The number of hydrogen-bond acceptors (Lipinski definition) is 3. The van der Waals surface area contributed by atoms with E-state index in [0.29, 0.717) is 12.5 Å². The summed E-state index contributed by atoms with van der Waals surface area (Å²) in [6, 6.07) is 9.76. The zero-order valence-corrected chi connectivity index (χ0v) is 11.9. The van der Waals surface area contributed by atoms with E-state index >= 15 is 0 Å². The van der Waals surface area contributed by atoms with Crippen LogP contribution in [0.3, 0.4) is 0 Å². The van der Waals surface area contributed by atoms with Crippen LogP contribution in [0.5, 0.6) is 11.6 Å². The van der Waals surface area contributed by atoms with E-state index < -0.39 is 0 Å². The van der Waals surface area contributed by atoms with Crippen molar-refractivity contribution in [3.8, 4) is 11.6 Å². The number of aryl methyl sites for hydroxylation is 1. The van der Waals surface area contributed by atoms with Crippen LogP contribution in [0.4, 0.5) is 0 Å². The Hall–Kier alpha value is -1.55. The smallest absolute Gasteiger partial charge is 0.228 e. The first-order valence-corrected chi connectivity index (χ1v) is 6.36. The van der Waals surface area contributed by atoms with Gasteiger partial charge in [0.1, 0.15) is 12.4 Å². The molecule has 4 heteroatoms. The molecule has 1 aromatic carbocycles. The summed E-state index contributed by atoms with van der Waals surface area (Å²) in [7, 11) is 1.65. The van der Waals surface area contributed by atoms with Gasteiger partial charge >= 0.3 is 0 Å². The number of methoxy groups -OCH3 is 1. The van der Waals surface area contributed by atoms with Crippen LogP contribution in [-0.4, -0.2) is 12.1 Å². The van der Waals surface area contributed by atoms with Gasteiger partial charge in [0.25, 0.3) is 0 Å². The summed E-state index contributed by atoms with van der Waals surface area (Å²) in [5, 5.41) is 0. The second-order valence-electron chi connectivity index (χ2n) is 3.94. The normalized spacial score (nSPS) is 10.2. The van der Waals surface area contributed by atoms with E-state index in [4.69, 9.17) is 9.47 Å². The molecule has 1 aromatic heterocycles. The Morgan fingerprint density at radius 3 is 2.83 bits per heavy atom. The van der Waals surface area contributed by atoms with Crippen LogP contribution in [0.25, 0.3) is 0 Å². The lowest BCUT2D eigenvalue weighted by Crippen LogP contribution is -1.98. The van der Waals surface area contributed by atoms with Crippen molar-refractivity contribution >= 4 is 15.9 Å². The first kappa shape index (κ1) is 12.9. The minimum Gasteiger partial charge on any atom is -0.497 e. The zero-order chi connectivity index (χ0) is 13.0. The highest BCUT2D eigenvalue weighted by molar-refractivity contribution is 9.10. The second-order valence-corrected chi connectivity index (χ2v) is 4.79. The summed E-state index contributed by atoms with van der Waals surface area (Å²) in [6.07, 6.45) is 1.78. The summed E-state index contributed by atoms with van der Waals surface area (Å²) in [6.45, 7) is 2.45. The molecular weight excluding hydrogens is 294 g/mol. The number of pyridine rings is 1. The highest BCUT2D eigenvalue weighted by atomic mass is 79.9. The number of ether oxygens (including phenoxy) is 2. The minimum atomic E-state index is 0.464. The third kappa shape index (κ3) is 3.23. The molecular formula is C14H14BrNO2. The number of hydrogen-bond donors (Lipinski definition) is 0. The zero-order valence-electron chi connectivity index (χ0n) is 10.3. The fraction of sp³-hybridized carbons (Fsp3) is 0.214. The predicted octanol–water partition coefficient (Wildman–Crippen LogP) is 3.74. The van der Waals surface area contributed by atoms with Crippen LogP contribution in [0.2, 0.25) is 0 Å². The molecule has 1 heterocycles. The van der Waals surface area contributed by atoms with Crippen LogP contribution < -0.4 is 9.47 Å². The van der Waals surface area contributed by atoms with Gasteiger partial charge in [-0.15, -0.1) is 0 Å². The molecule has 0 aliphatic carbocycles. The third-order valence-electron chi connectivity index (χ3n) is 2.45. The SMILES string of the molecule is COc1cccc(COc2ncc(C)cc2Br)c1. The molecule has 0 unspecified atom stereocenters. The molecule has 0 spiro atoms. The van der Waals surface area contributed by atoms with Gasteiger partial charge in [0.2, 0.25) is 5.88 Å². The van der Waals surface area contributed by atoms with Gasteiger partial charge in [-0.3, -0.25) is 0 Å². The third-order valence-corrected chi connectivity index (χ3v) is 3.02. The van der Waals surface area contributed by atoms with Gasteiger partial charge < -0.3 is 9.47 Å². The van der Waals surface area contributed by atoms with Crippen molar-refractivity contribution in [3.63, 3.8) is 0 Å². The fourth-order valence-electron chi connectivity index (χ4n) is 1.54. The van der Waals surface area contributed by atoms with Crippen molar-refractivity contribution in [3.05, 3.63) is 52.1 Å². The lowest BCUT2D eigenvalue weighted by molar-refractivity contribution is 0.291. The Kier molecular flexibility index (Phi) is 4.20. The average Bonchev–Trinajstić information content (AvgIpc) is 2.38. The van der Waals surface area contributed by atoms with Gasteiger partial charge in [-0.1, -0.05) is 12.1 Å². The predicted molar refractivity (Wildman–Crippen MR) is 74.0 cm³/mol. The van der Waals surface area contributed by atoms with E-state index in [-0.39, 0.29) is 0 Å². The van der Waals surface area contributed by atoms with Gasteiger partial charge in [0.15, 0.2) is 0 Å². The van der Waals surface area contributed by atoms with Crippen molar-refractivity contribution in [1.29, 1.82) is 0 Å². The Balaban J connectivity index is 2.06. The highest BCUT2D eigenvalue weighted by Gasteiger charge is 2.04. The molecule has 0 saturated carbocycles. The first-order chi connectivity index (χ1) is 8.69. The van der Waals surface area contributed by atoms with E-state index in [2.05, 4.69) is 20.9 Å². The maximum Gasteiger partial charge on any atom is 0.228 e. The van der Waals surface area contributed by atoms with Crippen molar-refractivity contribution < 1.29 is 9.47 Å². The highest BCUT2D eigenvalue weighted by Crippen LogP contribution is 2.24. The topological polar surface area (TPSA) is 31.4 Å². The van der Waals surface area contributed by atoms with E-state index in [1.165, 1.54) is 0 Å². The van der Waals surface area contributed by atoms with Crippen molar-refractivity contribution in [2.45, 2.75) is 13.5 Å². The Labute approximate surface area is 115 Å².